The van der Waals surface area contributed by atoms with Gasteiger partial charge in [-0.05, 0) is 44.5 Å². The van der Waals surface area contributed by atoms with E-state index in [9.17, 15) is 13.2 Å². The van der Waals surface area contributed by atoms with Crippen LogP contribution in [0.4, 0.5) is 5.69 Å². The number of carbonyl (C=O) groups excluding carboxylic acids is 1. The van der Waals surface area contributed by atoms with Crippen LogP contribution in [0.1, 0.15) is 18.4 Å². The Balaban J connectivity index is 1.98. The van der Waals surface area contributed by atoms with Crippen molar-refractivity contribution in [3.63, 3.8) is 0 Å². The molecule has 0 aromatic heterocycles. The fraction of sp³-hybridized carbons (Fsp3) is 0.500. The summed E-state index contributed by atoms with van der Waals surface area (Å²) in [7, 11) is -3.37. The fourth-order valence-electron chi connectivity index (χ4n) is 2.35. The zero-order chi connectivity index (χ0) is 14.6. The molecule has 1 amide bonds. The smallest absolute Gasteiger partial charge is 0.239 e. The highest BCUT2D eigenvalue weighted by molar-refractivity contribution is 7.92. The largest absolute Gasteiger partial charge is 0.325 e. The molecule has 1 saturated heterocycles. The summed E-state index contributed by atoms with van der Waals surface area (Å²) in [6.45, 7) is 3.27. The second-order valence-electron chi connectivity index (χ2n) is 5.12. The first-order chi connectivity index (χ1) is 9.49. The molecule has 0 radical (unpaired) electrons. The van der Waals surface area contributed by atoms with Gasteiger partial charge in [-0.2, -0.15) is 0 Å². The maximum absolute atomic E-state index is 12.2. The molecule has 6 heteroatoms. The fourth-order valence-corrected chi connectivity index (χ4v) is 3.98. The lowest BCUT2D eigenvalue weighted by Crippen LogP contribution is -2.39. The second kappa shape index (κ2) is 6.37. The minimum absolute atomic E-state index is 0.397. The maximum atomic E-state index is 12.2. The summed E-state index contributed by atoms with van der Waals surface area (Å²) in [6, 6.07) is 7.32. The molecule has 2 N–H and O–H groups in total. The van der Waals surface area contributed by atoms with E-state index < -0.39 is 26.7 Å². The molecular formula is C14H20N2O3S. The third-order valence-corrected chi connectivity index (χ3v) is 5.70. The van der Waals surface area contributed by atoms with E-state index in [2.05, 4.69) is 10.6 Å². The van der Waals surface area contributed by atoms with Crippen molar-refractivity contribution < 1.29 is 13.2 Å². The van der Waals surface area contributed by atoms with E-state index in [1.54, 1.807) is 6.07 Å². The lowest BCUT2D eigenvalue weighted by molar-refractivity contribution is -0.113. The van der Waals surface area contributed by atoms with E-state index in [0.29, 0.717) is 31.6 Å². The van der Waals surface area contributed by atoms with Gasteiger partial charge in [0.2, 0.25) is 5.91 Å². The molecule has 1 aliphatic heterocycles. The average Bonchev–Trinajstić information content (AvgIpc) is 2.42. The Morgan fingerprint density at radius 2 is 1.95 bits per heavy atom. The Bertz CT molecular complexity index is 578. The zero-order valence-electron chi connectivity index (χ0n) is 11.6. The predicted octanol–water partition coefficient (Wildman–Crippen LogP) is 1.10. The molecular weight excluding hydrogens is 276 g/mol. The van der Waals surface area contributed by atoms with Crippen LogP contribution >= 0.6 is 0 Å². The van der Waals surface area contributed by atoms with Crippen molar-refractivity contribution in [2.45, 2.75) is 25.0 Å². The number of aryl methyl sites for hydroxylation is 1. The Morgan fingerprint density at radius 3 is 2.60 bits per heavy atom. The molecule has 20 heavy (non-hydrogen) atoms. The SMILES string of the molecule is Cc1ccccc1NC(=O)CS(=O)(=O)C1CCNCC1. The zero-order valence-corrected chi connectivity index (χ0v) is 12.4. The summed E-state index contributed by atoms with van der Waals surface area (Å²) < 4.78 is 24.4. The molecule has 0 aliphatic carbocycles. The Morgan fingerprint density at radius 1 is 1.30 bits per heavy atom. The van der Waals surface area contributed by atoms with Crippen molar-refractivity contribution in [1.82, 2.24) is 5.32 Å². The second-order valence-corrected chi connectivity index (χ2v) is 7.40. The Kier molecular flexibility index (Phi) is 4.77. The summed E-state index contributed by atoms with van der Waals surface area (Å²) in [5.74, 6) is -0.899. The van der Waals surface area contributed by atoms with Crippen LogP contribution in [0.3, 0.4) is 0 Å². The topological polar surface area (TPSA) is 75.3 Å². The van der Waals surface area contributed by atoms with Gasteiger partial charge in [0.1, 0.15) is 5.75 Å². The van der Waals surface area contributed by atoms with Crippen LogP contribution in [-0.4, -0.2) is 38.4 Å². The lowest BCUT2D eigenvalue weighted by atomic mass is 10.2. The van der Waals surface area contributed by atoms with Gasteiger partial charge in [-0.1, -0.05) is 18.2 Å². The summed E-state index contributed by atoms with van der Waals surface area (Å²) >= 11 is 0. The molecule has 1 aromatic rings. The van der Waals surface area contributed by atoms with Crippen LogP contribution in [0.15, 0.2) is 24.3 Å². The van der Waals surface area contributed by atoms with Crippen molar-refractivity contribution in [3.8, 4) is 0 Å². The van der Waals surface area contributed by atoms with Gasteiger partial charge in [0.15, 0.2) is 9.84 Å². The van der Waals surface area contributed by atoms with Crippen molar-refractivity contribution in [1.29, 1.82) is 0 Å². The Labute approximate surface area is 119 Å². The number of nitrogens with one attached hydrogen (secondary N) is 2. The van der Waals surface area contributed by atoms with Gasteiger partial charge < -0.3 is 10.6 Å². The average molecular weight is 296 g/mol. The van der Waals surface area contributed by atoms with E-state index in [0.717, 1.165) is 5.56 Å². The predicted molar refractivity (Wildman–Crippen MR) is 79.5 cm³/mol. The number of hydrogen-bond acceptors (Lipinski definition) is 4. The molecule has 110 valence electrons. The summed E-state index contributed by atoms with van der Waals surface area (Å²) in [5, 5.41) is 5.40. The van der Waals surface area contributed by atoms with E-state index in [1.165, 1.54) is 0 Å². The highest BCUT2D eigenvalue weighted by atomic mass is 32.2. The molecule has 1 aliphatic rings. The monoisotopic (exact) mass is 296 g/mol. The van der Waals surface area contributed by atoms with Gasteiger partial charge in [0, 0.05) is 5.69 Å². The number of amides is 1. The van der Waals surface area contributed by atoms with Crippen molar-refractivity contribution in [3.05, 3.63) is 29.8 Å². The number of para-hydroxylation sites is 1. The van der Waals surface area contributed by atoms with Crippen molar-refractivity contribution in [2.75, 3.05) is 24.2 Å². The standard InChI is InChI=1S/C14H20N2O3S/c1-11-4-2-3-5-13(11)16-14(17)10-20(18,19)12-6-8-15-9-7-12/h2-5,12,15H,6-10H2,1H3,(H,16,17). The summed E-state index contributed by atoms with van der Waals surface area (Å²) in [4.78, 5) is 11.9. The number of rotatable bonds is 4. The number of anilines is 1. The van der Waals surface area contributed by atoms with Crippen LogP contribution in [0.2, 0.25) is 0 Å². The number of sulfone groups is 1. The van der Waals surface area contributed by atoms with Crippen LogP contribution < -0.4 is 10.6 Å². The van der Waals surface area contributed by atoms with Crippen LogP contribution in [-0.2, 0) is 14.6 Å². The van der Waals surface area contributed by atoms with Gasteiger partial charge in [-0.25, -0.2) is 8.42 Å². The molecule has 0 bridgehead atoms. The first-order valence-corrected chi connectivity index (χ1v) is 8.48. The minimum Gasteiger partial charge on any atom is -0.325 e. The van der Waals surface area contributed by atoms with Gasteiger partial charge in [0.25, 0.3) is 0 Å². The summed E-state index contributed by atoms with van der Waals surface area (Å²) in [5.41, 5.74) is 1.58. The molecule has 2 rings (SSSR count). The van der Waals surface area contributed by atoms with E-state index >= 15 is 0 Å². The highest BCUT2D eigenvalue weighted by Crippen LogP contribution is 2.16. The Hall–Kier alpha value is -1.40. The van der Waals surface area contributed by atoms with Gasteiger partial charge in [-0.3, -0.25) is 4.79 Å². The molecule has 1 aromatic carbocycles. The van der Waals surface area contributed by atoms with Gasteiger partial charge in [-0.15, -0.1) is 0 Å². The number of piperidine rings is 1. The number of carbonyl (C=O) groups is 1. The molecule has 0 atom stereocenters. The van der Waals surface area contributed by atoms with E-state index in [4.69, 9.17) is 0 Å². The molecule has 0 saturated carbocycles. The maximum Gasteiger partial charge on any atom is 0.239 e. The lowest BCUT2D eigenvalue weighted by Gasteiger charge is -2.22. The van der Waals surface area contributed by atoms with Crippen molar-refractivity contribution >= 4 is 21.4 Å². The number of hydrogen-bond donors (Lipinski definition) is 2. The first kappa shape index (κ1) is 15.0. The van der Waals surface area contributed by atoms with Crippen molar-refractivity contribution in [2.24, 2.45) is 0 Å². The van der Waals surface area contributed by atoms with Crippen LogP contribution in [0.25, 0.3) is 0 Å². The molecule has 5 nitrogen and oxygen atoms in total. The molecule has 0 unspecified atom stereocenters. The number of benzene rings is 1. The van der Waals surface area contributed by atoms with Crippen LogP contribution in [0, 0.1) is 6.92 Å². The normalized spacial score (nSPS) is 16.9. The van der Waals surface area contributed by atoms with E-state index in [-0.39, 0.29) is 0 Å². The van der Waals surface area contributed by atoms with E-state index in [1.807, 2.05) is 25.1 Å². The van der Waals surface area contributed by atoms with Gasteiger partial charge >= 0.3 is 0 Å². The molecule has 0 spiro atoms. The quantitative estimate of drug-likeness (QED) is 0.872. The highest BCUT2D eigenvalue weighted by Gasteiger charge is 2.29. The van der Waals surface area contributed by atoms with Gasteiger partial charge in [0.05, 0.1) is 5.25 Å². The molecule has 1 fully saturated rings. The summed E-state index contributed by atoms with van der Waals surface area (Å²) in [6.07, 6.45) is 1.17. The van der Waals surface area contributed by atoms with Crippen LogP contribution in [0.5, 0.6) is 0 Å². The molecule has 1 heterocycles. The first-order valence-electron chi connectivity index (χ1n) is 6.77. The minimum atomic E-state index is -3.37. The third kappa shape index (κ3) is 3.80. The third-order valence-electron chi connectivity index (χ3n) is 3.55.